The summed E-state index contributed by atoms with van der Waals surface area (Å²) in [6.07, 6.45) is 5.13. The lowest BCUT2D eigenvalue weighted by Gasteiger charge is -2.24. The van der Waals surface area contributed by atoms with E-state index in [-0.39, 0.29) is 11.6 Å². The molecule has 6 heteroatoms. The Bertz CT molecular complexity index is 493. The zero-order chi connectivity index (χ0) is 15.2. The van der Waals surface area contributed by atoms with Gasteiger partial charge in [-0.1, -0.05) is 12.8 Å². The minimum absolute atomic E-state index is 0.0285. The van der Waals surface area contributed by atoms with Gasteiger partial charge in [0.2, 0.25) is 0 Å². The summed E-state index contributed by atoms with van der Waals surface area (Å²) in [5, 5.41) is 8.78. The zero-order valence-corrected chi connectivity index (χ0v) is 12.1. The first kappa shape index (κ1) is 15.3. The van der Waals surface area contributed by atoms with Crippen LogP contribution in [0.5, 0.6) is 5.75 Å². The predicted molar refractivity (Wildman–Crippen MR) is 76.3 cm³/mol. The minimum Gasteiger partial charge on any atom is -0.479 e. The van der Waals surface area contributed by atoms with Crippen LogP contribution in [0.4, 0.5) is 0 Å². The molecule has 1 aliphatic rings. The van der Waals surface area contributed by atoms with E-state index in [4.69, 9.17) is 9.84 Å². The fourth-order valence-corrected chi connectivity index (χ4v) is 2.38. The largest absolute Gasteiger partial charge is 0.479 e. The molecule has 0 saturated carbocycles. The molecular formula is C15H20N2O4. The van der Waals surface area contributed by atoms with E-state index in [1.54, 1.807) is 6.92 Å². The molecule has 21 heavy (non-hydrogen) atoms. The molecule has 114 valence electrons. The van der Waals surface area contributed by atoms with E-state index < -0.39 is 12.1 Å². The van der Waals surface area contributed by atoms with Gasteiger partial charge in [-0.15, -0.1) is 0 Å². The van der Waals surface area contributed by atoms with Gasteiger partial charge in [-0.05, 0) is 31.9 Å². The van der Waals surface area contributed by atoms with E-state index in [0.717, 1.165) is 25.9 Å². The summed E-state index contributed by atoms with van der Waals surface area (Å²) >= 11 is 0. The smallest absolute Gasteiger partial charge is 0.354 e. The standard InChI is InChI=1S/C15H20N2O4/c1-11(14(18)17-8-4-2-3-5-9-17)21-12-6-7-13(15(19)20)16-10-12/h6-7,10-11H,2-5,8-9H2,1H3,(H,19,20). The van der Waals surface area contributed by atoms with Gasteiger partial charge in [0.05, 0.1) is 6.20 Å². The molecular weight excluding hydrogens is 272 g/mol. The highest BCUT2D eigenvalue weighted by Crippen LogP contribution is 2.15. The number of carboxylic acid groups (broad SMARTS) is 1. The Morgan fingerprint density at radius 2 is 1.90 bits per heavy atom. The number of pyridine rings is 1. The molecule has 2 rings (SSSR count). The Morgan fingerprint density at radius 3 is 2.43 bits per heavy atom. The number of aromatic carboxylic acids is 1. The molecule has 0 aromatic carbocycles. The monoisotopic (exact) mass is 292 g/mol. The Kier molecular flexibility index (Phi) is 5.14. The first-order chi connectivity index (χ1) is 10.1. The summed E-state index contributed by atoms with van der Waals surface area (Å²) in [7, 11) is 0. The number of amides is 1. The third kappa shape index (κ3) is 4.18. The highest BCUT2D eigenvalue weighted by molar-refractivity contribution is 5.85. The van der Waals surface area contributed by atoms with Crippen molar-refractivity contribution in [1.29, 1.82) is 0 Å². The number of hydrogen-bond acceptors (Lipinski definition) is 4. The Labute approximate surface area is 123 Å². The molecule has 2 heterocycles. The number of ether oxygens (including phenoxy) is 1. The maximum atomic E-state index is 12.3. The third-order valence-corrected chi connectivity index (χ3v) is 3.53. The van der Waals surface area contributed by atoms with Crippen molar-refractivity contribution in [2.75, 3.05) is 13.1 Å². The van der Waals surface area contributed by atoms with Crippen LogP contribution in [0, 0.1) is 0 Å². The molecule has 1 amide bonds. The van der Waals surface area contributed by atoms with Crippen molar-refractivity contribution >= 4 is 11.9 Å². The second-order valence-corrected chi connectivity index (χ2v) is 5.18. The number of hydrogen-bond donors (Lipinski definition) is 1. The average Bonchev–Trinajstić information content (AvgIpc) is 2.76. The maximum Gasteiger partial charge on any atom is 0.354 e. The van der Waals surface area contributed by atoms with E-state index in [1.807, 2.05) is 4.90 Å². The van der Waals surface area contributed by atoms with Gasteiger partial charge < -0.3 is 14.7 Å². The van der Waals surface area contributed by atoms with Crippen LogP contribution >= 0.6 is 0 Å². The number of rotatable bonds is 4. The molecule has 1 N–H and O–H groups in total. The van der Waals surface area contributed by atoms with Gasteiger partial charge in [-0.2, -0.15) is 0 Å². The summed E-state index contributed by atoms with van der Waals surface area (Å²) < 4.78 is 5.56. The summed E-state index contributed by atoms with van der Waals surface area (Å²) in [5.74, 6) is -0.717. The van der Waals surface area contributed by atoms with Crippen molar-refractivity contribution in [2.24, 2.45) is 0 Å². The lowest BCUT2D eigenvalue weighted by atomic mass is 10.2. The second-order valence-electron chi connectivity index (χ2n) is 5.18. The van der Waals surface area contributed by atoms with Crippen molar-refractivity contribution < 1.29 is 19.4 Å². The van der Waals surface area contributed by atoms with E-state index in [1.165, 1.54) is 31.2 Å². The van der Waals surface area contributed by atoms with Gasteiger partial charge >= 0.3 is 5.97 Å². The number of aromatic nitrogens is 1. The first-order valence-electron chi connectivity index (χ1n) is 7.22. The third-order valence-electron chi connectivity index (χ3n) is 3.53. The fourth-order valence-electron chi connectivity index (χ4n) is 2.38. The van der Waals surface area contributed by atoms with Gasteiger partial charge in [0, 0.05) is 13.1 Å². The molecule has 0 aliphatic carbocycles. The highest BCUT2D eigenvalue weighted by Gasteiger charge is 2.22. The molecule has 1 atom stereocenters. The maximum absolute atomic E-state index is 12.3. The Balaban J connectivity index is 1.94. The van der Waals surface area contributed by atoms with Crippen LogP contribution in [0.1, 0.15) is 43.1 Å². The molecule has 0 bridgehead atoms. The van der Waals surface area contributed by atoms with Crippen molar-refractivity contribution in [1.82, 2.24) is 9.88 Å². The quantitative estimate of drug-likeness (QED) is 0.917. The molecule has 1 aromatic heterocycles. The number of likely N-dealkylation sites (tertiary alicyclic amines) is 1. The van der Waals surface area contributed by atoms with Crippen LogP contribution in [-0.2, 0) is 4.79 Å². The van der Waals surface area contributed by atoms with Gasteiger partial charge in [0.15, 0.2) is 6.10 Å². The summed E-state index contributed by atoms with van der Waals surface area (Å²) in [6.45, 7) is 3.27. The summed E-state index contributed by atoms with van der Waals surface area (Å²) in [6, 6.07) is 2.88. The first-order valence-corrected chi connectivity index (χ1v) is 7.22. The second kappa shape index (κ2) is 7.06. The number of carbonyl (C=O) groups is 2. The number of nitrogens with zero attached hydrogens (tertiary/aromatic N) is 2. The molecule has 1 unspecified atom stereocenters. The Morgan fingerprint density at radius 1 is 1.24 bits per heavy atom. The fraction of sp³-hybridized carbons (Fsp3) is 0.533. The van der Waals surface area contributed by atoms with Gasteiger partial charge in [0.25, 0.3) is 5.91 Å². The number of carboxylic acids is 1. The molecule has 0 radical (unpaired) electrons. The lowest BCUT2D eigenvalue weighted by Crippen LogP contribution is -2.41. The minimum atomic E-state index is -1.09. The summed E-state index contributed by atoms with van der Waals surface area (Å²) in [4.78, 5) is 28.6. The molecule has 1 aliphatic heterocycles. The molecule has 1 saturated heterocycles. The van der Waals surface area contributed by atoms with E-state index in [2.05, 4.69) is 4.98 Å². The van der Waals surface area contributed by atoms with E-state index in [9.17, 15) is 9.59 Å². The topological polar surface area (TPSA) is 79.7 Å². The molecule has 1 aromatic rings. The van der Waals surface area contributed by atoms with Gasteiger partial charge in [-0.25, -0.2) is 9.78 Å². The van der Waals surface area contributed by atoms with E-state index in [0.29, 0.717) is 5.75 Å². The van der Waals surface area contributed by atoms with E-state index >= 15 is 0 Å². The van der Waals surface area contributed by atoms with Crippen LogP contribution in [0.3, 0.4) is 0 Å². The molecule has 1 fully saturated rings. The molecule has 6 nitrogen and oxygen atoms in total. The molecule has 0 spiro atoms. The SMILES string of the molecule is CC(Oc1ccc(C(=O)O)nc1)C(=O)N1CCCCCC1. The Hall–Kier alpha value is -2.11. The van der Waals surface area contributed by atoms with Crippen LogP contribution in [0.15, 0.2) is 18.3 Å². The van der Waals surface area contributed by atoms with Crippen LogP contribution < -0.4 is 4.74 Å². The predicted octanol–water partition coefficient (Wildman–Crippen LogP) is 1.95. The van der Waals surface area contributed by atoms with Crippen LogP contribution in [0.2, 0.25) is 0 Å². The van der Waals surface area contributed by atoms with Crippen molar-refractivity contribution in [3.63, 3.8) is 0 Å². The van der Waals surface area contributed by atoms with Gasteiger partial charge in [-0.3, -0.25) is 4.79 Å². The average molecular weight is 292 g/mol. The van der Waals surface area contributed by atoms with Crippen LogP contribution in [-0.4, -0.2) is 46.1 Å². The van der Waals surface area contributed by atoms with Crippen molar-refractivity contribution in [2.45, 2.75) is 38.7 Å². The highest BCUT2D eigenvalue weighted by atomic mass is 16.5. The number of carbonyl (C=O) groups excluding carboxylic acids is 1. The summed E-state index contributed by atoms with van der Waals surface area (Å²) in [5.41, 5.74) is -0.0474. The van der Waals surface area contributed by atoms with Crippen molar-refractivity contribution in [3.8, 4) is 5.75 Å². The lowest BCUT2D eigenvalue weighted by molar-refractivity contribution is -0.137. The van der Waals surface area contributed by atoms with Gasteiger partial charge in [0.1, 0.15) is 11.4 Å². The normalized spacial score (nSPS) is 16.9. The zero-order valence-electron chi connectivity index (χ0n) is 12.1. The van der Waals surface area contributed by atoms with Crippen LogP contribution in [0.25, 0.3) is 0 Å². The van der Waals surface area contributed by atoms with Crippen molar-refractivity contribution in [3.05, 3.63) is 24.0 Å².